The van der Waals surface area contributed by atoms with Crippen molar-refractivity contribution in [3.05, 3.63) is 29.3 Å². The van der Waals surface area contributed by atoms with Crippen LogP contribution in [0.25, 0.3) is 0 Å². The van der Waals surface area contributed by atoms with Crippen molar-refractivity contribution in [1.29, 1.82) is 0 Å². The highest BCUT2D eigenvalue weighted by molar-refractivity contribution is 7.99. The minimum atomic E-state index is -0.0942. The number of carbonyl (C=O) groups excluding carboxylic acids is 1. The van der Waals surface area contributed by atoms with Gasteiger partial charge in [-0.15, -0.1) is 11.8 Å². The Morgan fingerprint density at radius 3 is 2.75 bits per heavy atom. The minimum absolute atomic E-state index is 0.0942. The van der Waals surface area contributed by atoms with Crippen LogP contribution in [-0.2, 0) is 9.63 Å². The van der Waals surface area contributed by atoms with Gasteiger partial charge in [-0.05, 0) is 31.2 Å². The SMILES string of the molecule is CCONC(=O)CCSc1ccc(Cl)cc1. The van der Waals surface area contributed by atoms with Crippen LogP contribution in [0.3, 0.4) is 0 Å². The van der Waals surface area contributed by atoms with E-state index in [4.69, 9.17) is 16.4 Å². The maximum Gasteiger partial charge on any atom is 0.244 e. The zero-order valence-corrected chi connectivity index (χ0v) is 10.6. The molecule has 16 heavy (non-hydrogen) atoms. The van der Waals surface area contributed by atoms with Gasteiger partial charge in [0.1, 0.15) is 0 Å². The molecule has 0 atom stereocenters. The smallest absolute Gasteiger partial charge is 0.244 e. The van der Waals surface area contributed by atoms with Gasteiger partial charge in [0.05, 0.1) is 6.61 Å². The first-order valence-electron chi connectivity index (χ1n) is 5.01. The highest BCUT2D eigenvalue weighted by Gasteiger charge is 2.01. The number of amides is 1. The lowest BCUT2D eigenvalue weighted by Gasteiger charge is -2.03. The van der Waals surface area contributed by atoms with Crippen molar-refractivity contribution in [3.63, 3.8) is 0 Å². The molecule has 88 valence electrons. The van der Waals surface area contributed by atoms with Crippen LogP contribution >= 0.6 is 23.4 Å². The second-order valence-corrected chi connectivity index (χ2v) is 4.62. The first-order valence-corrected chi connectivity index (χ1v) is 6.37. The number of rotatable bonds is 6. The number of carbonyl (C=O) groups is 1. The Labute approximate surface area is 104 Å². The van der Waals surface area contributed by atoms with Crippen molar-refractivity contribution in [1.82, 2.24) is 5.48 Å². The highest BCUT2D eigenvalue weighted by Crippen LogP contribution is 2.20. The van der Waals surface area contributed by atoms with Crippen molar-refractivity contribution in [3.8, 4) is 0 Å². The lowest BCUT2D eigenvalue weighted by Crippen LogP contribution is -2.23. The molecule has 3 nitrogen and oxygen atoms in total. The monoisotopic (exact) mass is 259 g/mol. The van der Waals surface area contributed by atoms with Gasteiger partial charge in [-0.25, -0.2) is 5.48 Å². The minimum Gasteiger partial charge on any atom is -0.274 e. The van der Waals surface area contributed by atoms with E-state index in [2.05, 4.69) is 5.48 Å². The second kappa shape index (κ2) is 7.54. The molecule has 1 aromatic carbocycles. The molecule has 0 saturated heterocycles. The fourth-order valence-corrected chi connectivity index (χ4v) is 1.97. The largest absolute Gasteiger partial charge is 0.274 e. The van der Waals surface area contributed by atoms with Crippen molar-refractivity contribution < 1.29 is 9.63 Å². The van der Waals surface area contributed by atoms with Crippen LogP contribution in [0, 0.1) is 0 Å². The topological polar surface area (TPSA) is 38.3 Å². The summed E-state index contributed by atoms with van der Waals surface area (Å²) in [4.78, 5) is 17.1. The maximum atomic E-state index is 11.2. The Kier molecular flexibility index (Phi) is 6.30. The molecule has 0 fully saturated rings. The van der Waals surface area contributed by atoms with Crippen LogP contribution in [0.2, 0.25) is 5.02 Å². The quantitative estimate of drug-likeness (QED) is 0.631. The van der Waals surface area contributed by atoms with Gasteiger partial charge in [-0.1, -0.05) is 11.6 Å². The van der Waals surface area contributed by atoms with Crippen LogP contribution in [-0.4, -0.2) is 18.3 Å². The van der Waals surface area contributed by atoms with Gasteiger partial charge in [-0.2, -0.15) is 0 Å². The molecule has 5 heteroatoms. The Morgan fingerprint density at radius 2 is 2.12 bits per heavy atom. The van der Waals surface area contributed by atoms with E-state index < -0.39 is 0 Å². The number of hydroxylamine groups is 1. The predicted molar refractivity (Wildman–Crippen MR) is 66.6 cm³/mol. The van der Waals surface area contributed by atoms with E-state index in [0.717, 1.165) is 15.7 Å². The molecule has 0 aliphatic rings. The molecular formula is C11H14ClNO2S. The number of halogens is 1. The van der Waals surface area contributed by atoms with E-state index in [1.54, 1.807) is 11.8 Å². The molecule has 0 radical (unpaired) electrons. The molecule has 1 N–H and O–H groups in total. The van der Waals surface area contributed by atoms with Crippen LogP contribution in [0.1, 0.15) is 13.3 Å². The number of hydrogen-bond acceptors (Lipinski definition) is 3. The van der Waals surface area contributed by atoms with E-state index in [1.807, 2.05) is 31.2 Å². The van der Waals surface area contributed by atoms with Gasteiger partial charge in [-0.3, -0.25) is 9.63 Å². The Balaban J connectivity index is 2.20. The van der Waals surface area contributed by atoms with Gasteiger partial charge in [0.25, 0.3) is 0 Å². The van der Waals surface area contributed by atoms with Crippen molar-refractivity contribution in [2.75, 3.05) is 12.4 Å². The van der Waals surface area contributed by atoms with E-state index in [0.29, 0.717) is 13.0 Å². The molecule has 0 saturated carbocycles. The lowest BCUT2D eigenvalue weighted by atomic mass is 10.4. The van der Waals surface area contributed by atoms with Gasteiger partial charge < -0.3 is 0 Å². The van der Waals surface area contributed by atoms with Crippen LogP contribution in [0.4, 0.5) is 0 Å². The highest BCUT2D eigenvalue weighted by atomic mass is 35.5. The van der Waals surface area contributed by atoms with Crippen molar-refractivity contribution in [2.24, 2.45) is 0 Å². The van der Waals surface area contributed by atoms with Crippen LogP contribution in [0.15, 0.2) is 29.2 Å². The van der Waals surface area contributed by atoms with Gasteiger partial charge in [0, 0.05) is 22.1 Å². The molecule has 0 unspecified atom stereocenters. The summed E-state index contributed by atoms with van der Waals surface area (Å²) in [7, 11) is 0. The van der Waals surface area contributed by atoms with E-state index >= 15 is 0 Å². The number of thioether (sulfide) groups is 1. The summed E-state index contributed by atoms with van der Waals surface area (Å²) in [5.41, 5.74) is 2.35. The standard InChI is InChI=1S/C11H14ClNO2S/c1-2-15-13-11(14)7-8-16-10-5-3-9(12)4-6-10/h3-6H,2,7-8H2,1H3,(H,13,14). The Hall–Kier alpha value is -0.710. The summed E-state index contributed by atoms with van der Waals surface area (Å²) in [6.45, 7) is 2.30. The van der Waals surface area contributed by atoms with E-state index in [-0.39, 0.29) is 5.91 Å². The summed E-state index contributed by atoms with van der Waals surface area (Å²) in [6.07, 6.45) is 0.438. The van der Waals surface area contributed by atoms with Crippen LogP contribution in [0.5, 0.6) is 0 Å². The molecule has 0 aliphatic heterocycles. The number of nitrogens with one attached hydrogen (secondary N) is 1. The lowest BCUT2D eigenvalue weighted by molar-refractivity contribution is -0.132. The summed E-state index contributed by atoms with van der Waals surface area (Å²) in [5.74, 6) is 0.629. The molecule has 0 bridgehead atoms. The fraction of sp³-hybridized carbons (Fsp3) is 0.364. The summed E-state index contributed by atoms with van der Waals surface area (Å²) < 4.78 is 0. The number of benzene rings is 1. The van der Waals surface area contributed by atoms with Gasteiger partial charge >= 0.3 is 0 Å². The third kappa shape index (κ3) is 5.39. The average Bonchev–Trinajstić information content (AvgIpc) is 2.29. The number of hydrogen-bond donors (Lipinski definition) is 1. The van der Waals surface area contributed by atoms with E-state index in [1.165, 1.54) is 0 Å². The van der Waals surface area contributed by atoms with Crippen LogP contribution < -0.4 is 5.48 Å². The summed E-state index contributed by atoms with van der Waals surface area (Å²) in [6, 6.07) is 7.55. The van der Waals surface area contributed by atoms with E-state index in [9.17, 15) is 4.79 Å². The zero-order chi connectivity index (χ0) is 11.8. The van der Waals surface area contributed by atoms with Crippen molar-refractivity contribution in [2.45, 2.75) is 18.2 Å². The summed E-state index contributed by atoms with van der Waals surface area (Å²) >= 11 is 7.38. The molecule has 1 amide bonds. The predicted octanol–water partition coefficient (Wildman–Crippen LogP) is 2.89. The van der Waals surface area contributed by atoms with Crippen molar-refractivity contribution >= 4 is 29.3 Å². The summed E-state index contributed by atoms with van der Waals surface area (Å²) in [5, 5.41) is 0.721. The molecule has 1 aromatic rings. The molecular weight excluding hydrogens is 246 g/mol. The first-order chi connectivity index (χ1) is 7.72. The molecule has 1 rings (SSSR count). The Bertz CT molecular complexity index is 329. The molecule has 0 spiro atoms. The average molecular weight is 260 g/mol. The maximum absolute atomic E-state index is 11.2. The van der Waals surface area contributed by atoms with Gasteiger partial charge in [0.15, 0.2) is 0 Å². The molecule has 0 heterocycles. The first kappa shape index (κ1) is 13.4. The zero-order valence-electron chi connectivity index (χ0n) is 9.03. The Morgan fingerprint density at radius 1 is 1.44 bits per heavy atom. The molecule has 0 aromatic heterocycles. The molecule has 0 aliphatic carbocycles. The fourth-order valence-electron chi connectivity index (χ4n) is 0.996. The third-order valence-electron chi connectivity index (χ3n) is 1.74. The third-order valence-corrected chi connectivity index (χ3v) is 3.01. The normalized spacial score (nSPS) is 10.1. The second-order valence-electron chi connectivity index (χ2n) is 3.01. The van der Waals surface area contributed by atoms with Gasteiger partial charge in [0.2, 0.25) is 5.91 Å².